The minimum Gasteiger partial charge on any atom is -0.371 e. The molecule has 0 aromatic heterocycles. The first kappa shape index (κ1) is 13.7. The number of benzene rings is 1. The third-order valence-electron chi connectivity index (χ3n) is 4.05. The Hall–Kier alpha value is -0.760. The highest BCUT2D eigenvalue weighted by Gasteiger charge is 2.23. The molecule has 0 aliphatic carbocycles. The molecule has 2 rings (SSSR count). The molecule has 0 spiro atoms. The molecule has 0 atom stereocenters. The molecule has 0 radical (unpaired) electrons. The van der Waals surface area contributed by atoms with Gasteiger partial charge in [0.25, 0.3) is 0 Å². The summed E-state index contributed by atoms with van der Waals surface area (Å²) in [6, 6.07) is 5.24. The average Bonchev–Trinajstić information content (AvgIpc) is 2.38. The van der Waals surface area contributed by atoms with E-state index in [9.17, 15) is 4.39 Å². The zero-order valence-electron chi connectivity index (χ0n) is 11.1. The Labute approximate surface area is 114 Å². The molecule has 1 aromatic rings. The summed E-state index contributed by atoms with van der Waals surface area (Å²) in [4.78, 5) is 2.28. The molecule has 1 fully saturated rings. The number of nitrogens with zero attached hydrogens (tertiary/aromatic N) is 1. The van der Waals surface area contributed by atoms with Crippen LogP contribution in [0.5, 0.6) is 0 Å². The van der Waals surface area contributed by atoms with Gasteiger partial charge in [0.05, 0.1) is 5.88 Å². The van der Waals surface area contributed by atoms with E-state index in [1.54, 1.807) is 6.07 Å². The summed E-state index contributed by atoms with van der Waals surface area (Å²) in [6.07, 6.45) is 2.38. The van der Waals surface area contributed by atoms with Crippen LogP contribution < -0.4 is 4.90 Å². The second kappa shape index (κ2) is 5.92. The lowest BCUT2D eigenvalue weighted by Crippen LogP contribution is -2.35. The predicted octanol–water partition coefficient (Wildman–Crippen LogP) is 4.44. The molecule has 1 aromatic carbocycles. The van der Waals surface area contributed by atoms with Gasteiger partial charge in [-0.2, -0.15) is 0 Å². The van der Waals surface area contributed by atoms with Crippen LogP contribution in [0.25, 0.3) is 0 Å². The Balaban J connectivity index is 2.12. The van der Waals surface area contributed by atoms with Gasteiger partial charge in [0, 0.05) is 24.3 Å². The molecule has 18 heavy (non-hydrogen) atoms. The lowest BCUT2D eigenvalue weighted by atomic mass is 9.86. The van der Waals surface area contributed by atoms with Crippen molar-refractivity contribution in [2.75, 3.05) is 18.0 Å². The third kappa shape index (κ3) is 2.80. The first-order valence-corrected chi connectivity index (χ1v) is 7.25. The fraction of sp³-hybridized carbons (Fsp3) is 0.600. The maximum Gasteiger partial charge on any atom is 0.129 e. The Morgan fingerprint density at radius 2 is 2.00 bits per heavy atom. The van der Waals surface area contributed by atoms with Crippen molar-refractivity contribution in [3.05, 3.63) is 29.6 Å². The Kier molecular flexibility index (Phi) is 4.50. The number of alkyl halides is 1. The molecule has 3 heteroatoms. The normalized spacial score (nSPS) is 17.5. The minimum absolute atomic E-state index is 0.187. The van der Waals surface area contributed by atoms with Gasteiger partial charge in [0.1, 0.15) is 5.82 Å². The van der Waals surface area contributed by atoms with Crippen LogP contribution in [-0.2, 0) is 5.88 Å². The number of halogens is 2. The van der Waals surface area contributed by atoms with Crippen LogP contribution in [0.2, 0.25) is 0 Å². The highest BCUT2D eigenvalue weighted by molar-refractivity contribution is 6.17. The van der Waals surface area contributed by atoms with Crippen molar-refractivity contribution in [3.63, 3.8) is 0 Å². The maximum atomic E-state index is 13.7. The van der Waals surface area contributed by atoms with Crippen LogP contribution in [0, 0.1) is 17.7 Å². The van der Waals surface area contributed by atoms with E-state index in [0.29, 0.717) is 5.56 Å². The summed E-state index contributed by atoms with van der Waals surface area (Å²) >= 11 is 5.87. The first-order valence-electron chi connectivity index (χ1n) is 6.71. The number of rotatable bonds is 3. The molecule has 0 amide bonds. The lowest BCUT2D eigenvalue weighted by Gasteiger charge is -2.36. The van der Waals surface area contributed by atoms with Crippen molar-refractivity contribution in [2.24, 2.45) is 11.8 Å². The standard InChI is InChI=1S/C15H21ClFN/c1-11(2)12-6-8-18(9-7-12)15-5-3-4-14(17)13(15)10-16/h3-5,11-12H,6-10H2,1-2H3. The molecule has 0 unspecified atom stereocenters. The van der Waals surface area contributed by atoms with Crippen molar-refractivity contribution in [2.45, 2.75) is 32.6 Å². The zero-order chi connectivity index (χ0) is 13.1. The van der Waals surface area contributed by atoms with Crippen LogP contribution >= 0.6 is 11.6 Å². The van der Waals surface area contributed by atoms with Crippen LogP contribution in [0.3, 0.4) is 0 Å². The second-order valence-electron chi connectivity index (χ2n) is 5.44. The predicted molar refractivity (Wildman–Crippen MR) is 75.7 cm³/mol. The molecular formula is C15H21ClFN. The van der Waals surface area contributed by atoms with Gasteiger partial charge < -0.3 is 4.90 Å². The van der Waals surface area contributed by atoms with Crippen molar-refractivity contribution < 1.29 is 4.39 Å². The Morgan fingerprint density at radius 3 is 2.56 bits per heavy atom. The van der Waals surface area contributed by atoms with Crippen LogP contribution in [0.15, 0.2) is 18.2 Å². The van der Waals surface area contributed by atoms with Gasteiger partial charge in [0.15, 0.2) is 0 Å². The molecule has 1 aliphatic rings. The van der Waals surface area contributed by atoms with Crippen molar-refractivity contribution >= 4 is 17.3 Å². The van der Waals surface area contributed by atoms with Gasteiger partial charge in [0.2, 0.25) is 0 Å². The average molecular weight is 270 g/mol. The van der Waals surface area contributed by atoms with Gasteiger partial charge in [-0.05, 0) is 36.8 Å². The number of hydrogen-bond acceptors (Lipinski definition) is 1. The largest absolute Gasteiger partial charge is 0.371 e. The van der Waals surface area contributed by atoms with E-state index < -0.39 is 0 Å². The summed E-state index contributed by atoms with van der Waals surface area (Å²) in [6.45, 7) is 6.59. The molecule has 0 bridgehead atoms. The molecule has 1 aliphatic heterocycles. The molecule has 0 saturated carbocycles. The monoisotopic (exact) mass is 269 g/mol. The third-order valence-corrected chi connectivity index (χ3v) is 4.32. The van der Waals surface area contributed by atoms with E-state index in [-0.39, 0.29) is 11.7 Å². The minimum atomic E-state index is -0.187. The van der Waals surface area contributed by atoms with Crippen molar-refractivity contribution in [1.29, 1.82) is 0 Å². The van der Waals surface area contributed by atoms with Crippen LogP contribution in [0.4, 0.5) is 10.1 Å². The van der Waals surface area contributed by atoms with Gasteiger partial charge in [-0.3, -0.25) is 0 Å². The van der Waals surface area contributed by atoms with Gasteiger partial charge in [-0.25, -0.2) is 4.39 Å². The zero-order valence-corrected chi connectivity index (χ0v) is 11.9. The molecule has 0 N–H and O–H groups in total. The van der Waals surface area contributed by atoms with E-state index >= 15 is 0 Å². The van der Waals surface area contributed by atoms with E-state index in [1.165, 1.54) is 18.9 Å². The molecular weight excluding hydrogens is 249 g/mol. The fourth-order valence-corrected chi connectivity index (χ4v) is 3.05. The molecule has 1 heterocycles. The molecule has 100 valence electrons. The quantitative estimate of drug-likeness (QED) is 0.734. The number of piperidine rings is 1. The topological polar surface area (TPSA) is 3.24 Å². The van der Waals surface area contributed by atoms with Crippen LogP contribution in [-0.4, -0.2) is 13.1 Å². The van der Waals surface area contributed by atoms with E-state index in [2.05, 4.69) is 18.7 Å². The smallest absolute Gasteiger partial charge is 0.129 e. The van der Waals surface area contributed by atoms with Gasteiger partial charge >= 0.3 is 0 Å². The Morgan fingerprint density at radius 1 is 1.33 bits per heavy atom. The summed E-state index contributed by atoms with van der Waals surface area (Å²) in [5, 5.41) is 0. The lowest BCUT2D eigenvalue weighted by molar-refractivity contribution is 0.311. The Bertz CT molecular complexity index is 397. The van der Waals surface area contributed by atoms with Gasteiger partial charge in [-0.15, -0.1) is 11.6 Å². The fourth-order valence-electron chi connectivity index (χ4n) is 2.78. The van der Waals surface area contributed by atoms with Crippen molar-refractivity contribution in [3.8, 4) is 0 Å². The highest BCUT2D eigenvalue weighted by Crippen LogP contribution is 2.31. The summed E-state index contributed by atoms with van der Waals surface area (Å²) in [5.41, 5.74) is 1.62. The first-order chi connectivity index (χ1) is 8.63. The summed E-state index contributed by atoms with van der Waals surface area (Å²) in [5.74, 6) is 1.60. The summed E-state index contributed by atoms with van der Waals surface area (Å²) < 4.78 is 13.7. The summed E-state index contributed by atoms with van der Waals surface area (Å²) in [7, 11) is 0. The van der Waals surface area contributed by atoms with E-state index in [0.717, 1.165) is 30.6 Å². The number of hydrogen-bond donors (Lipinski definition) is 0. The van der Waals surface area contributed by atoms with Gasteiger partial charge in [-0.1, -0.05) is 19.9 Å². The molecule has 1 saturated heterocycles. The van der Waals surface area contributed by atoms with E-state index in [4.69, 9.17) is 11.6 Å². The SMILES string of the molecule is CC(C)C1CCN(c2cccc(F)c2CCl)CC1. The molecule has 1 nitrogen and oxygen atoms in total. The van der Waals surface area contributed by atoms with E-state index in [1.807, 2.05) is 6.07 Å². The highest BCUT2D eigenvalue weighted by atomic mass is 35.5. The van der Waals surface area contributed by atoms with Crippen molar-refractivity contribution in [1.82, 2.24) is 0 Å². The maximum absolute atomic E-state index is 13.7. The second-order valence-corrected chi connectivity index (χ2v) is 5.71. The van der Waals surface area contributed by atoms with Crippen LogP contribution in [0.1, 0.15) is 32.3 Å². The number of anilines is 1.